The fraction of sp³-hybridized carbons (Fsp3) is 0.455. The molecule has 0 N–H and O–H groups in total. The van der Waals surface area contributed by atoms with Crippen LogP contribution in [0.25, 0.3) is 0 Å². The van der Waals surface area contributed by atoms with Crippen LogP contribution in [0.2, 0.25) is 0 Å². The van der Waals surface area contributed by atoms with Crippen molar-refractivity contribution in [2.24, 2.45) is 0 Å². The number of halogens is 2. The van der Waals surface area contributed by atoms with Gasteiger partial charge in [0, 0.05) is 16.6 Å². The zero-order valence-electron chi connectivity index (χ0n) is 8.63. The third-order valence-corrected chi connectivity index (χ3v) is 2.34. The first-order chi connectivity index (χ1) is 7.24. The van der Waals surface area contributed by atoms with Gasteiger partial charge in [-0.15, -0.1) is 0 Å². The van der Waals surface area contributed by atoms with Gasteiger partial charge in [-0.3, -0.25) is 0 Å². The summed E-state index contributed by atoms with van der Waals surface area (Å²) in [6.45, 7) is 3.93. The van der Waals surface area contributed by atoms with E-state index in [0.717, 1.165) is 4.47 Å². The minimum absolute atomic E-state index is 0.249. The summed E-state index contributed by atoms with van der Waals surface area (Å²) in [5, 5.41) is 0. The zero-order chi connectivity index (χ0) is 11.1. The van der Waals surface area contributed by atoms with Crippen molar-refractivity contribution in [3.8, 4) is 0 Å². The number of hydrogen-bond donors (Lipinski definition) is 0. The van der Waals surface area contributed by atoms with E-state index in [0.29, 0.717) is 25.4 Å². The van der Waals surface area contributed by atoms with Crippen LogP contribution in [0.4, 0.5) is 4.39 Å². The quantitative estimate of drug-likeness (QED) is 0.744. The molecule has 1 aromatic carbocycles. The Bertz CT molecular complexity index is 305. The average molecular weight is 277 g/mol. The summed E-state index contributed by atoms with van der Waals surface area (Å²) in [7, 11) is 0. The van der Waals surface area contributed by atoms with Crippen molar-refractivity contribution in [2.45, 2.75) is 13.5 Å². The van der Waals surface area contributed by atoms with Crippen LogP contribution in [-0.2, 0) is 16.1 Å². The Morgan fingerprint density at radius 1 is 1.27 bits per heavy atom. The van der Waals surface area contributed by atoms with E-state index in [-0.39, 0.29) is 12.4 Å². The highest BCUT2D eigenvalue weighted by molar-refractivity contribution is 9.10. The Morgan fingerprint density at radius 2 is 2.00 bits per heavy atom. The molecule has 15 heavy (non-hydrogen) atoms. The van der Waals surface area contributed by atoms with Gasteiger partial charge >= 0.3 is 0 Å². The number of ether oxygens (including phenoxy) is 2. The van der Waals surface area contributed by atoms with E-state index in [2.05, 4.69) is 15.9 Å². The van der Waals surface area contributed by atoms with Crippen LogP contribution < -0.4 is 0 Å². The summed E-state index contributed by atoms with van der Waals surface area (Å²) >= 11 is 3.20. The van der Waals surface area contributed by atoms with Gasteiger partial charge in [-0.05, 0) is 19.1 Å². The lowest BCUT2D eigenvalue weighted by atomic mass is 10.2. The van der Waals surface area contributed by atoms with E-state index in [4.69, 9.17) is 9.47 Å². The van der Waals surface area contributed by atoms with Gasteiger partial charge in [-0.2, -0.15) is 0 Å². The Hall–Kier alpha value is -0.450. The molecule has 0 spiro atoms. The van der Waals surface area contributed by atoms with Gasteiger partial charge in [0.25, 0.3) is 0 Å². The molecule has 0 aliphatic rings. The summed E-state index contributed by atoms with van der Waals surface area (Å²) in [6, 6.07) is 4.94. The van der Waals surface area contributed by atoms with Crippen molar-refractivity contribution in [3.63, 3.8) is 0 Å². The van der Waals surface area contributed by atoms with Crippen molar-refractivity contribution in [2.75, 3.05) is 19.8 Å². The van der Waals surface area contributed by atoms with Gasteiger partial charge in [0.1, 0.15) is 5.82 Å². The number of benzene rings is 1. The smallest absolute Gasteiger partial charge is 0.129 e. The molecule has 0 saturated carbocycles. The highest BCUT2D eigenvalue weighted by atomic mass is 79.9. The number of hydrogen-bond acceptors (Lipinski definition) is 2. The van der Waals surface area contributed by atoms with E-state index >= 15 is 0 Å². The topological polar surface area (TPSA) is 18.5 Å². The monoisotopic (exact) mass is 276 g/mol. The summed E-state index contributed by atoms with van der Waals surface area (Å²) in [5.74, 6) is -0.249. The van der Waals surface area contributed by atoms with E-state index in [1.54, 1.807) is 12.1 Å². The van der Waals surface area contributed by atoms with E-state index < -0.39 is 0 Å². The molecular formula is C11H14BrFO2. The molecule has 0 unspecified atom stereocenters. The Labute approximate surface area is 97.5 Å². The molecule has 0 aliphatic heterocycles. The molecule has 1 aromatic rings. The predicted octanol–water partition coefficient (Wildman–Crippen LogP) is 3.14. The maximum Gasteiger partial charge on any atom is 0.129 e. The van der Waals surface area contributed by atoms with Crippen LogP contribution in [0.1, 0.15) is 12.5 Å². The summed E-state index contributed by atoms with van der Waals surface area (Å²) in [6.07, 6.45) is 0. The number of rotatable bonds is 6. The molecule has 0 aliphatic carbocycles. The molecule has 4 heteroatoms. The maximum absolute atomic E-state index is 13.3. The molecule has 0 bridgehead atoms. The van der Waals surface area contributed by atoms with E-state index in [9.17, 15) is 4.39 Å². The second-order valence-corrected chi connectivity index (χ2v) is 3.90. The molecule has 0 amide bonds. The molecular weight excluding hydrogens is 263 g/mol. The molecule has 0 aromatic heterocycles. The summed E-state index contributed by atoms with van der Waals surface area (Å²) in [4.78, 5) is 0. The lowest BCUT2D eigenvalue weighted by Crippen LogP contribution is -2.04. The van der Waals surface area contributed by atoms with Gasteiger partial charge in [0.2, 0.25) is 0 Å². The third-order valence-electron chi connectivity index (χ3n) is 1.85. The first-order valence-corrected chi connectivity index (χ1v) is 5.62. The molecule has 0 saturated heterocycles. The van der Waals surface area contributed by atoms with Gasteiger partial charge < -0.3 is 9.47 Å². The van der Waals surface area contributed by atoms with Crippen molar-refractivity contribution in [1.29, 1.82) is 0 Å². The molecule has 0 fully saturated rings. The predicted molar refractivity (Wildman–Crippen MR) is 60.2 cm³/mol. The molecule has 1 rings (SSSR count). The molecule has 2 nitrogen and oxygen atoms in total. The van der Waals surface area contributed by atoms with Crippen LogP contribution >= 0.6 is 15.9 Å². The van der Waals surface area contributed by atoms with Crippen LogP contribution in [-0.4, -0.2) is 19.8 Å². The third kappa shape index (κ3) is 4.73. The molecule has 84 valence electrons. The first-order valence-electron chi connectivity index (χ1n) is 4.83. The second-order valence-electron chi connectivity index (χ2n) is 2.99. The minimum atomic E-state index is -0.249. The normalized spacial score (nSPS) is 10.6. The van der Waals surface area contributed by atoms with Crippen LogP contribution in [0.5, 0.6) is 0 Å². The molecule has 0 atom stereocenters. The van der Waals surface area contributed by atoms with E-state index in [1.807, 2.05) is 6.92 Å². The van der Waals surface area contributed by atoms with Gasteiger partial charge in [0.05, 0.1) is 19.8 Å². The van der Waals surface area contributed by atoms with Crippen molar-refractivity contribution in [3.05, 3.63) is 34.1 Å². The van der Waals surface area contributed by atoms with Crippen molar-refractivity contribution >= 4 is 15.9 Å². The zero-order valence-corrected chi connectivity index (χ0v) is 10.2. The summed E-state index contributed by atoms with van der Waals surface area (Å²) < 4.78 is 24.4. The van der Waals surface area contributed by atoms with Crippen molar-refractivity contribution in [1.82, 2.24) is 0 Å². The standard InChI is InChI=1S/C11H14BrFO2/c1-2-14-5-6-15-8-9-3-4-10(12)7-11(9)13/h3-4,7H,2,5-6,8H2,1H3. The molecule has 0 heterocycles. The fourth-order valence-corrected chi connectivity index (χ4v) is 1.42. The summed E-state index contributed by atoms with van der Waals surface area (Å²) in [5.41, 5.74) is 0.565. The average Bonchev–Trinajstić information content (AvgIpc) is 2.20. The van der Waals surface area contributed by atoms with Gasteiger partial charge in [-0.25, -0.2) is 4.39 Å². The Kier molecular flexibility index (Phi) is 5.83. The lowest BCUT2D eigenvalue weighted by molar-refractivity contribution is 0.0443. The van der Waals surface area contributed by atoms with Crippen LogP contribution in [0.3, 0.4) is 0 Å². The Balaban J connectivity index is 2.31. The van der Waals surface area contributed by atoms with Crippen molar-refractivity contribution < 1.29 is 13.9 Å². The minimum Gasteiger partial charge on any atom is -0.379 e. The van der Waals surface area contributed by atoms with Crippen LogP contribution in [0, 0.1) is 5.82 Å². The molecule has 0 radical (unpaired) electrons. The van der Waals surface area contributed by atoms with Gasteiger partial charge in [0.15, 0.2) is 0 Å². The van der Waals surface area contributed by atoms with Crippen LogP contribution in [0.15, 0.2) is 22.7 Å². The first kappa shape index (κ1) is 12.6. The van der Waals surface area contributed by atoms with E-state index in [1.165, 1.54) is 6.07 Å². The largest absolute Gasteiger partial charge is 0.379 e. The lowest BCUT2D eigenvalue weighted by Gasteiger charge is -2.05. The highest BCUT2D eigenvalue weighted by Crippen LogP contribution is 2.15. The second kappa shape index (κ2) is 6.93. The highest BCUT2D eigenvalue weighted by Gasteiger charge is 2.02. The Morgan fingerprint density at radius 3 is 2.67 bits per heavy atom. The maximum atomic E-state index is 13.3. The fourth-order valence-electron chi connectivity index (χ4n) is 1.08. The van der Waals surface area contributed by atoms with Gasteiger partial charge in [-0.1, -0.05) is 22.0 Å². The SMILES string of the molecule is CCOCCOCc1ccc(Br)cc1F.